The van der Waals surface area contributed by atoms with Crippen LogP contribution in [0.15, 0.2) is 53.5 Å². The molecule has 298 valence electrons. The number of nitrogens with two attached hydrogens (primary N) is 1. The average molecular weight is 771 g/mol. The Morgan fingerprint density at radius 3 is 2.51 bits per heavy atom. The number of aromatic carboxylic acids is 1. The van der Waals surface area contributed by atoms with Crippen LogP contribution in [0.2, 0.25) is 0 Å². The van der Waals surface area contributed by atoms with Crippen molar-refractivity contribution in [2.75, 3.05) is 46.0 Å². The number of fused-ring (bicyclic) bond motifs is 1. The number of aliphatic imine (C=N–C) groups is 1. The minimum absolute atomic E-state index is 0.00576. The summed E-state index contributed by atoms with van der Waals surface area (Å²) in [4.78, 5) is 29.6. The van der Waals surface area contributed by atoms with Gasteiger partial charge in [0.2, 0.25) is 12.0 Å². The van der Waals surface area contributed by atoms with Crippen LogP contribution in [0.25, 0.3) is 0 Å². The molecule has 55 heavy (non-hydrogen) atoms. The highest BCUT2D eigenvalue weighted by molar-refractivity contribution is 5.95. The van der Waals surface area contributed by atoms with E-state index in [1.807, 2.05) is 30.3 Å². The van der Waals surface area contributed by atoms with Gasteiger partial charge in [-0.15, -0.1) is 0 Å². The van der Waals surface area contributed by atoms with E-state index in [0.29, 0.717) is 6.42 Å². The van der Waals surface area contributed by atoms with E-state index in [1.54, 1.807) is 6.92 Å². The van der Waals surface area contributed by atoms with Crippen molar-refractivity contribution in [1.82, 2.24) is 5.32 Å². The molecule has 0 radical (unpaired) electrons. The summed E-state index contributed by atoms with van der Waals surface area (Å²) < 4.78 is 35.0. The van der Waals surface area contributed by atoms with Crippen LogP contribution in [0.1, 0.15) is 45.2 Å². The van der Waals surface area contributed by atoms with E-state index >= 15 is 0 Å². The van der Waals surface area contributed by atoms with E-state index in [2.05, 4.69) is 15.6 Å². The molecule has 1 fully saturated rings. The van der Waals surface area contributed by atoms with Crippen LogP contribution in [-0.4, -0.2) is 125 Å². The van der Waals surface area contributed by atoms with Crippen molar-refractivity contribution >= 4 is 23.6 Å². The fourth-order valence-corrected chi connectivity index (χ4v) is 6.24. The number of phenolic OH excluding ortho intramolecular Hbond substituents is 1. The number of carbonyl (C=O) groups excluding carboxylic acids is 1. The Morgan fingerprint density at radius 1 is 1.09 bits per heavy atom. The van der Waals surface area contributed by atoms with Gasteiger partial charge in [0, 0.05) is 37.2 Å². The highest BCUT2D eigenvalue weighted by Crippen LogP contribution is 2.45. The molecular weight excluding hydrogens is 724 g/mol. The van der Waals surface area contributed by atoms with Gasteiger partial charge in [0.1, 0.15) is 30.5 Å². The summed E-state index contributed by atoms with van der Waals surface area (Å²) in [5.41, 5.74) is 4.81. The van der Waals surface area contributed by atoms with E-state index in [4.69, 9.17) is 34.2 Å². The smallest absolute Gasteiger partial charge is 0.338 e. The Bertz CT molecular complexity index is 1860. The molecule has 2 aliphatic heterocycles. The lowest BCUT2D eigenvalue weighted by Gasteiger charge is -2.48. The van der Waals surface area contributed by atoms with Crippen LogP contribution < -0.4 is 35.3 Å². The number of ether oxygens (including phenoxy) is 6. The number of hydrogen-bond donors (Lipinski definition) is 9. The number of carboxylic acid groups (broad SMARTS) is 1. The maximum atomic E-state index is 13.6. The molecular formula is C37H46N4O14. The van der Waals surface area contributed by atoms with Crippen LogP contribution in [0, 0.1) is 0 Å². The number of carbonyl (C=O) groups is 2. The van der Waals surface area contributed by atoms with Gasteiger partial charge in [0.05, 0.1) is 37.1 Å². The van der Waals surface area contributed by atoms with Crippen LogP contribution >= 0.6 is 0 Å². The van der Waals surface area contributed by atoms with E-state index in [9.17, 15) is 40.2 Å². The topological polar surface area (TPSA) is 273 Å². The van der Waals surface area contributed by atoms with E-state index in [1.165, 1.54) is 26.3 Å². The van der Waals surface area contributed by atoms with Gasteiger partial charge in [-0.1, -0.05) is 30.3 Å². The van der Waals surface area contributed by atoms with Crippen molar-refractivity contribution in [3.05, 3.63) is 70.8 Å². The number of anilines is 1. The Kier molecular flexibility index (Phi) is 13.1. The molecule has 18 heteroatoms. The molecule has 1 saturated heterocycles. The van der Waals surface area contributed by atoms with Gasteiger partial charge < -0.3 is 75.4 Å². The molecule has 0 amide bonds. The quantitative estimate of drug-likeness (QED) is 0.0473. The summed E-state index contributed by atoms with van der Waals surface area (Å²) in [6.07, 6.45) is -7.04. The van der Waals surface area contributed by atoms with Gasteiger partial charge in [-0.25, -0.2) is 9.59 Å². The molecule has 10 N–H and O–H groups in total. The van der Waals surface area contributed by atoms with Crippen molar-refractivity contribution in [3.8, 4) is 28.7 Å². The minimum Gasteiger partial charge on any atom is -0.502 e. The van der Waals surface area contributed by atoms with E-state index in [0.717, 1.165) is 11.6 Å². The minimum atomic E-state index is -1.90. The van der Waals surface area contributed by atoms with Gasteiger partial charge in [-0.05, 0) is 31.4 Å². The Hall–Kier alpha value is -5.53. The van der Waals surface area contributed by atoms with E-state index < -0.39 is 54.8 Å². The lowest BCUT2D eigenvalue weighted by molar-refractivity contribution is -0.320. The Balaban J connectivity index is 1.45. The number of hydrogen-bond acceptors (Lipinski definition) is 15. The first-order valence-corrected chi connectivity index (χ1v) is 17.3. The maximum absolute atomic E-state index is 13.6. The maximum Gasteiger partial charge on any atom is 0.338 e. The van der Waals surface area contributed by atoms with Crippen molar-refractivity contribution < 1.29 is 68.6 Å². The fraction of sp³-hybridized carbons (Fsp3) is 0.432. The van der Waals surface area contributed by atoms with Crippen molar-refractivity contribution in [2.24, 2.45) is 10.7 Å². The summed E-state index contributed by atoms with van der Waals surface area (Å²) >= 11 is 0. The van der Waals surface area contributed by atoms with Gasteiger partial charge in [0.15, 0.2) is 35.7 Å². The largest absolute Gasteiger partial charge is 0.502 e. The first-order valence-electron chi connectivity index (χ1n) is 17.3. The van der Waals surface area contributed by atoms with Gasteiger partial charge in [0.25, 0.3) is 0 Å². The molecule has 3 aromatic carbocycles. The standard InChI is InChI=1S/C37H46N4O14/c1-19(16-42)41-24-15-26(25(14-23(24)33(47)48)53-18-40-36(38)39-2)54-35-30(45)29(44)32(46)37(55-35)11-9-21-22(34(49)52-17-37)13-27(28(43)31(21)50-3)51-12-10-20-7-5-4-6-8-20/h4-8,13-15,19,29-30,32,35,41-46H,9-12,16-18H2,1-3H3,(H,47,48)(H3,38,39,40). The molecule has 1 spiro atoms. The highest BCUT2D eigenvalue weighted by Gasteiger charge is 2.56. The highest BCUT2D eigenvalue weighted by atomic mass is 16.7. The SMILES string of the molecule is CN=C(N)NCOc1cc(C(=O)O)c(NC(C)CO)cc1OC1OC2(CCc3c(cc(OCCc4ccccc4)c(O)c3OC)C(=O)OC2)C(O)C(O)C1O. The van der Waals surface area contributed by atoms with Gasteiger partial charge in [-0.2, -0.15) is 0 Å². The molecule has 0 bridgehead atoms. The number of carboxylic acids is 1. The van der Waals surface area contributed by atoms with Crippen LogP contribution in [-0.2, 0) is 22.3 Å². The molecule has 18 nitrogen and oxygen atoms in total. The predicted molar refractivity (Wildman–Crippen MR) is 195 cm³/mol. The zero-order chi connectivity index (χ0) is 39.9. The average Bonchev–Trinajstić information content (AvgIpc) is 3.17. The third-order valence-corrected chi connectivity index (χ3v) is 9.28. The molecule has 0 aromatic heterocycles. The number of aromatic hydroxyl groups is 1. The Morgan fingerprint density at radius 2 is 1.84 bits per heavy atom. The normalized spacial score (nSPS) is 23.0. The van der Waals surface area contributed by atoms with Crippen molar-refractivity contribution in [2.45, 2.75) is 62.4 Å². The first-order chi connectivity index (χ1) is 26.3. The zero-order valence-electron chi connectivity index (χ0n) is 30.4. The number of benzene rings is 3. The first kappa shape index (κ1) is 40.7. The molecule has 2 aliphatic rings. The number of nitrogens with one attached hydrogen (secondary N) is 2. The lowest BCUT2D eigenvalue weighted by atomic mass is 9.81. The zero-order valence-corrected chi connectivity index (χ0v) is 30.4. The second-order valence-electron chi connectivity index (χ2n) is 13.0. The number of methoxy groups -OCH3 is 1. The molecule has 0 aliphatic carbocycles. The number of guanidine groups is 1. The summed E-state index contributed by atoms with van der Waals surface area (Å²) in [5, 5.41) is 69.8. The number of aliphatic hydroxyl groups is 4. The number of nitrogens with zero attached hydrogens (tertiary/aromatic N) is 1. The molecule has 0 saturated carbocycles. The number of esters is 1. The van der Waals surface area contributed by atoms with Crippen molar-refractivity contribution in [3.63, 3.8) is 0 Å². The second kappa shape index (κ2) is 17.7. The van der Waals surface area contributed by atoms with Gasteiger partial charge >= 0.3 is 11.9 Å². The summed E-state index contributed by atoms with van der Waals surface area (Å²) in [7, 11) is 2.74. The molecule has 2 heterocycles. The number of cyclic esters (lactones) is 1. The third-order valence-electron chi connectivity index (χ3n) is 9.28. The number of phenols is 1. The molecule has 5 rings (SSSR count). The number of aliphatic hydroxyl groups excluding tert-OH is 4. The van der Waals surface area contributed by atoms with Crippen LogP contribution in [0.5, 0.6) is 28.7 Å². The van der Waals surface area contributed by atoms with Gasteiger partial charge in [-0.3, -0.25) is 4.99 Å². The second-order valence-corrected chi connectivity index (χ2v) is 13.0. The van der Waals surface area contributed by atoms with Crippen molar-refractivity contribution in [1.29, 1.82) is 0 Å². The summed E-state index contributed by atoms with van der Waals surface area (Å²) in [6.45, 7) is 0.524. The predicted octanol–water partition coefficient (Wildman–Crippen LogP) is 0.743. The third kappa shape index (κ3) is 9.06. The summed E-state index contributed by atoms with van der Waals surface area (Å²) in [6, 6.07) is 12.7. The monoisotopic (exact) mass is 770 g/mol. The lowest BCUT2D eigenvalue weighted by Crippen LogP contribution is -2.67. The van der Waals surface area contributed by atoms with E-state index in [-0.39, 0.29) is 89.9 Å². The molecule has 6 atom stereocenters. The van der Waals surface area contributed by atoms with Crippen LogP contribution in [0.4, 0.5) is 5.69 Å². The summed E-state index contributed by atoms with van der Waals surface area (Å²) in [5.74, 6) is -2.99. The Labute approximate surface area is 316 Å². The number of rotatable bonds is 14. The van der Waals surface area contributed by atoms with Crippen LogP contribution in [0.3, 0.4) is 0 Å². The molecule has 3 aromatic rings. The molecule has 6 unspecified atom stereocenters. The fourth-order valence-electron chi connectivity index (χ4n) is 6.24.